The van der Waals surface area contributed by atoms with E-state index in [0.717, 1.165) is 5.75 Å². The first-order valence-corrected chi connectivity index (χ1v) is 15.4. The Morgan fingerprint density at radius 2 is 1.33 bits per heavy atom. The molecule has 0 aromatic heterocycles. The first-order valence-electron chi connectivity index (χ1n) is 11.8. The highest BCUT2D eigenvalue weighted by molar-refractivity contribution is 8.22. The van der Waals surface area contributed by atoms with Gasteiger partial charge in [-0.15, -0.1) is 23.5 Å². The summed E-state index contributed by atoms with van der Waals surface area (Å²) in [6, 6.07) is 17.0. The molecule has 0 unspecified atom stereocenters. The van der Waals surface area contributed by atoms with Crippen LogP contribution in [0, 0.1) is 0 Å². The molecule has 0 amide bonds. The molecule has 3 rings (SSSR count). The Morgan fingerprint density at radius 1 is 0.818 bits per heavy atom. The Hall–Kier alpha value is -1.41. The molecular formula is C26H35NO3S3. The zero-order chi connectivity index (χ0) is 23.7. The van der Waals surface area contributed by atoms with Gasteiger partial charge in [-0.2, -0.15) is 8.42 Å². The second kappa shape index (κ2) is 12.9. The van der Waals surface area contributed by atoms with Gasteiger partial charge in [0, 0.05) is 39.4 Å². The monoisotopic (exact) mass is 505 g/mol. The molecule has 0 aliphatic carbocycles. The summed E-state index contributed by atoms with van der Waals surface area (Å²) in [7, 11) is -1.82. The molecule has 0 atom stereocenters. The van der Waals surface area contributed by atoms with Gasteiger partial charge in [0.15, 0.2) is 0 Å². The Bertz CT molecular complexity index is 1000. The second-order valence-corrected chi connectivity index (χ2v) is 12.4. The number of hydrogen-bond acceptors (Lipinski definition) is 5. The Labute approximate surface area is 208 Å². The molecule has 1 heterocycles. The molecule has 7 heteroatoms. The van der Waals surface area contributed by atoms with E-state index in [2.05, 4.69) is 67.4 Å². The van der Waals surface area contributed by atoms with Gasteiger partial charge >= 0.3 is 0 Å². The van der Waals surface area contributed by atoms with Gasteiger partial charge in [0.25, 0.3) is 10.1 Å². The van der Waals surface area contributed by atoms with E-state index in [1.165, 1.54) is 70.8 Å². The zero-order valence-corrected chi connectivity index (χ0v) is 22.1. The number of benzene rings is 2. The molecule has 0 saturated carbocycles. The van der Waals surface area contributed by atoms with Gasteiger partial charge < -0.3 is 4.90 Å². The highest BCUT2D eigenvalue weighted by atomic mass is 32.2. The summed E-state index contributed by atoms with van der Waals surface area (Å²) in [5, 5.41) is 0. The van der Waals surface area contributed by atoms with E-state index in [0.29, 0.717) is 12.2 Å². The minimum atomic E-state index is -3.93. The van der Waals surface area contributed by atoms with Crippen LogP contribution in [0.2, 0.25) is 0 Å². The van der Waals surface area contributed by atoms with Gasteiger partial charge in [0.05, 0.1) is 5.75 Å². The third kappa shape index (κ3) is 7.54. The smallest absolute Gasteiger partial charge is 0.264 e. The van der Waals surface area contributed by atoms with E-state index in [1.807, 2.05) is 11.8 Å². The highest BCUT2D eigenvalue weighted by Gasteiger charge is 2.26. The second-order valence-electron chi connectivity index (χ2n) is 8.36. The van der Waals surface area contributed by atoms with E-state index in [4.69, 9.17) is 4.55 Å². The molecule has 1 aliphatic heterocycles. The van der Waals surface area contributed by atoms with Crippen molar-refractivity contribution >= 4 is 50.6 Å². The molecule has 0 fully saturated rings. The van der Waals surface area contributed by atoms with Crippen LogP contribution in [0.4, 0.5) is 11.4 Å². The lowest BCUT2D eigenvalue weighted by Crippen LogP contribution is -2.18. The fourth-order valence-electron chi connectivity index (χ4n) is 4.09. The number of unbranched alkanes of at least 4 members (excludes halogenated alkanes) is 5. The fourth-order valence-corrected chi connectivity index (χ4v) is 7.35. The molecular weight excluding hydrogens is 470 g/mol. The van der Waals surface area contributed by atoms with Crippen LogP contribution in [0.15, 0.2) is 52.8 Å². The van der Waals surface area contributed by atoms with Crippen molar-refractivity contribution in [2.45, 2.75) is 51.9 Å². The van der Waals surface area contributed by atoms with E-state index in [-0.39, 0.29) is 5.75 Å². The molecule has 33 heavy (non-hydrogen) atoms. The Kier molecular flexibility index (Phi) is 10.2. The maximum absolute atomic E-state index is 11.2. The molecule has 0 radical (unpaired) electrons. The van der Waals surface area contributed by atoms with Crippen LogP contribution in [0.5, 0.6) is 0 Å². The van der Waals surface area contributed by atoms with Crippen LogP contribution in [0.3, 0.4) is 0 Å². The molecule has 0 bridgehead atoms. The van der Waals surface area contributed by atoms with Crippen molar-refractivity contribution in [2.75, 3.05) is 29.2 Å². The number of para-hydroxylation sites is 2. The number of thioether (sulfide) groups is 2. The van der Waals surface area contributed by atoms with Crippen molar-refractivity contribution in [3.05, 3.63) is 63.9 Å². The number of nitrogens with zero attached hydrogens (tertiary/aromatic N) is 1. The standard InChI is InChI=1S/C26H35NO3S3/c1-3-4-5-6-7-12-18-31-26(32-19-13-20-33(28,29)30)25-21-14-8-10-16-23(21)27(2)24-17-11-9-15-22(24)25/h8-11,14-17H,3-7,12-13,18-20H2,1-2H3,(H,28,29,30). The summed E-state index contributed by atoms with van der Waals surface area (Å²) in [5.41, 5.74) is 6.04. The van der Waals surface area contributed by atoms with Crippen LogP contribution < -0.4 is 4.90 Å². The summed E-state index contributed by atoms with van der Waals surface area (Å²) < 4.78 is 32.7. The Balaban J connectivity index is 1.87. The van der Waals surface area contributed by atoms with Crippen molar-refractivity contribution in [3.63, 3.8) is 0 Å². The minimum absolute atomic E-state index is 0.194. The number of anilines is 2. The van der Waals surface area contributed by atoms with E-state index in [9.17, 15) is 8.42 Å². The summed E-state index contributed by atoms with van der Waals surface area (Å²) in [6.07, 6.45) is 8.04. The predicted molar refractivity (Wildman–Crippen MR) is 146 cm³/mol. The summed E-state index contributed by atoms with van der Waals surface area (Å²) in [4.78, 5) is 2.24. The van der Waals surface area contributed by atoms with Crippen LogP contribution >= 0.6 is 23.5 Å². The van der Waals surface area contributed by atoms with Crippen LogP contribution in [-0.2, 0) is 10.1 Å². The summed E-state index contributed by atoms with van der Waals surface area (Å²) in [6.45, 7) is 2.24. The molecule has 2 aromatic carbocycles. The normalized spacial score (nSPS) is 13.1. The predicted octanol–water partition coefficient (Wildman–Crippen LogP) is 7.59. The third-order valence-electron chi connectivity index (χ3n) is 5.78. The third-order valence-corrected chi connectivity index (χ3v) is 9.21. The number of hydrogen-bond donors (Lipinski definition) is 1. The molecule has 1 aliphatic rings. The molecule has 2 aromatic rings. The maximum atomic E-state index is 11.2. The molecule has 0 spiro atoms. The topological polar surface area (TPSA) is 57.6 Å². The van der Waals surface area contributed by atoms with Crippen molar-refractivity contribution in [3.8, 4) is 0 Å². The SMILES string of the molecule is CCCCCCCCSC(SCCCS(=O)(=O)O)=C1c2ccccc2N(C)c2ccccc21. The average Bonchev–Trinajstić information content (AvgIpc) is 2.80. The van der Waals surface area contributed by atoms with Crippen LogP contribution in [0.25, 0.3) is 5.57 Å². The first kappa shape index (κ1) is 26.2. The quantitative estimate of drug-likeness (QED) is 0.223. The van der Waals surface area contributed by atoms with Crippen molar-refractivity contribution in [1.29, 1.82) is 0 Å². The number of rotatable bonds is 13. The maximum Gasteiger partial charge on any atom is 0.264 e. The van der Waals surface area contributed by atoms with Crippen LogP contribution in [0.1, 0.15) is 63.0 Å². The molecule has 180 valence electrons. The van der Waals surface area contributed by atoms with E-state index in [1.54, 1.807) is 11.8 Å². The van der Waals surface area contributed by atoms with Gasteiger partial charge in [-0.3, -0.25) is 4.55 Å². The average molecular weight is 506 g/mol. The van der Waals surface area contributed by atoms with Gasteiger partial charge in [-0.25, -0.2) is 0 Å². The van der Waals surface area contributed by atoms with Crippen LogP contribution in [-0.4, -0.2) is 37.3 Å². The van der Waals surface area contributed by atoms with Crippen molar-refractivity contribution in [2.24, 2.45) is 0 Å². The highest BCUT2D eigenvalue weighted by Crippen LogP contribution is 2.49. The molecule has 0 saturated heterocycles. The lowest BCUT2D eigenvalue weighted by Gasteiger charge is -2.33. The molecule has 1 N–H and O–H groups in total. The van der Waals surface area contributed by atoms with Gasteiger partial charge in [0.1, 0.15) is 0 Å². The van der Waals surface area contributed by atoms with E-state index < -0.39 is 10.1 Å². The number of fused-ring (bicyclic) bond motifs is 2. The largest absolute Gasteiger partial charge is 0.344 e. The lowest BCUT2D eigenvalue weighted by molar-refractivity contribution is 0.482. The first-order chi connectivity index (χ1) is 15.9. The minimum Gasteiger partial charge on any atom is -0.344 e. The van der Waals surface area contributed by atoms with Gasteiger partial charge in [-0.05, 0) is 36.5 Å². The van der Waals surface area contributed by atoms with Gasteiger partial charge in [-0.1, -0.05) is 75.4 Å². The van der Waals surface area contributed by atoms with E-state index >= 15 is 0 Å². The fraction of sp³-hybridized carbons (Fsp3) is 0.462. The van der Waals surface area contributed by atoms with Crippen molar-refractivity contribution in [1.82, 2.24) is 0 Å². The van der Waals surface area contributed by atoms with Crippen molar-refractivity contribution < 1.29 is 13.0 Å². The summed E-state index contributed by atoms with van der Waals surface area (Å²) >= 11 is 3.61. The van der Waals surface area contributed by atoms with Gasteiger partial charge in [0.2, 0.25) is 0 Å². The lowest BCUT2D eigenvalue weighted by atomic mass is 9.92. The Morgan fingerprint density at radius 3 is 1.91 bits per heavy atom. The zero-order valence-electron chi connectivity index (χ0n) is 19.6. The molecule has 4 nitrogen and oxygen atoms in total. The summed E-state index contributed by atoms with van der Waals surface area (Å²) in [5.74, 6) is 1.51.